The van der Waals surface area contributed by atoms with Crippen molar-refractivity contribution in [1.82, 2.24) is 0 Å². The molecule has 0 rings (SSSR count). The molecule has 0 spiro atoms. The number of carbonyl (C=O) groups excluding carboxylic acids is 1. The zero-order chi connectivity index (χ0) is 15.1. The second-order valence-electron chi connectivity index (χ2n) is 5.44. The zero-order valence-electron chi connectivity index (χ0n) is 11.6. The molecule has 0 heterocycles. The lowest BCUT2D eigenvalue weighted by Gasteiger charge is -2.16. The lowest BCUT2D eigenvalue weighted by atomic mass is 9.97. The Bertz CT molecular complexity index is 313. The van der Waals surface area contributed by atoms with Gasteiger partial charge in [-0.2, -0.15) is 8.78 Å². The van der Waals surface area contributed by atoms with Gasteiger partial charge in [-0.25, -0.2) is 4.21 Å². The van der Waals surface area contributed by atoms with Crippen LogP contribution in [0.3, 0.4) is 0 Å². The third-order valence-electron chi connectivity index (χ3n) is 2.46. The van der Waals surface area contributed by atoms with Gasteiger partial charge in [0.1, 0.15) is 0 Å². The van der Waals surface area contributed by atoms with Gasteiger partial charge in [0.15, 0.2) is 0 Å². The summed E-state index contributed by atoms with van der Waals surface area (Å²) in [6.07, 6.45) is 1.34. The second-order valence-corrected chi connectivity index (χ2v) is 6.53. The van der Waals surface area contributed by atoms with Crippen LogP contribution in [-0.4, -0.2) is 26.6 Å². The molecular weight excluding hydrogens is 278 g/mol. The van der Waals surface area contributed by atoms with Crippen LogP contribution < -0.4 is 0 Å². The molecule has 0 saturated heterocycles. The average molecular weight is 300 g/mol. The highest BCUT2D eigenvalue weighted by Crippen LogP contribution is 2.24. The lowest BCUT2D eigenvalue weighted by molar-refractivity contribution is -0.153. The molecule has 19 heavy (non-hydrogen) atoms. The first-order valence-electron chi connectivity index (χ1n) is 6.23. The standard InChI is InChI=1S/C12H22F2O4S/c1-11(2,3)10(15)18-9-7-5-4-6-8-12(13,14)19(16)17/h4-9H2,1-3H3,(H,16,17). The fourth-order valence-electron chi connectivity index (χ4n) is 1.26. The van der Waals surface area contributed by atoms with E-state index in [1.807, 2.05) is 0 Å². The van der Waals surface area contributed by atoms with E-state index >= 15 is 0 Å². The molecule has 0 fully saturated rings. The molecule has 1 N–H and O–H groups in total. The molecule has 0 aromatic rings. The molecule has 1 atom stereocenters. The Morgan fingerprint density at radius 1 is 1.16 bits per heavy atom. The number of hydrogen-bond donors (Lipinski definition) is 1. The molecule has 1 unspecified atom stereocenters. The van der Waals surface area contributed by atoms with Crippen molar-refractivity contribution in [2.45, 2.75) is 58.1 Å². The van der Waals surface area contributed by atoms with Crippen LogP contribution in [0.1, 0.15) is 52.9 Å². The largest absolute Gasteiger partial charge is 0.465 e. The van der Waals surface area contributed by atoms with Gasteiger partial charge in [0.25, 0.3) is 0 Å². The maximum atomic E-state index is 12.7. The maximum Gasteiger partial charge on any atom is 0.345 e. The van der Waals surface area contributed by atoms with Gasteiger partial charge < -0.3 is 9.29 Å². The van der Waals surface area contributed by atoms with E-state index in [0.717, 1.165) is 0 Å². The molecule has 7 heteroatoms. The summed E-state index contributed by atoms with van der Waals surface area (Å²) in [4.78, 5) is 11.4. The third kappa shape index (κ3) is 8.26. The number of rotatable bonds is 8. The topological polar surface area (TPSA) is 63.6 Å². The van der Waals surface area contributed by atoms with Crippen molar-refractivity contribution < 1.29 is 27.1 Å². The van der Waals surface area contributed by atoms with Crippen LogP contribution in [-0.2, 0) is 20.6 Å². The van der Waals surface area contributed by atoms with Crippen molar-refractivity contribution >= 4 is 17.0 Å². The molecule has 0 aliphatic rings. The van der Waals surface area contributed by atoms with E-state index in [-0.39, 0.29) is 19.0 Å². The highest BCUT2D eigenvalue weighted by molar-refractivity contribution is 7.80. The number of unbranched alkanes of at least 4 members (excludes halogenated alkanes) is 3. The van der Waals surface area contributed by atoms with Crippen molar-refractivity contribution in [3.05, 3.63) is 0 Å². The molecule has 4 nitrogen and oxygen atoms in total. The highest BCUT2D eigenvalue weighted by Gasteiger charge is 2.35. The molecule has 0 aromatic heterocycles. The monoisotopic (exact) mass is 300 g/mol. The first-order chi connectivity index (χ1) is 8.57. The minimum atomic E-state index is -3.53. The van der Waals surface area contributed by atoms with Crippen molar-refractivity contribution in [1.29, 1.82) is 0 Å². The summed E-state index contributed by atoms with van der Waals surface area (Å²) in [6, 6.07) is 0. The summed E-state index contributed by atoms with van der Waals surface area (Å²) in [5.74, 6) is -0.283. The predicted molar refractivity (Wildman–Crippen MR) is 69.2 cm³/mol. The van der Waals surface area contributed by atoms with Crippen molar-refractivity contribution in [3.63, 3.8) is 0 Å². The Kier molecular flexibility index (Phi) is 7.66. The van der Waals surface area contributed by atoms with Crippen molar-refractivity contribution in [2.75, 3.05) is 6.61 Å². The molecule has 0 aliphatic carbocycles. The van der Waals surface area contributed by atoms with Crippen molar-refractivity contribution in [3.8, 4) is 0 Å². The van der Waals surface area contributed by atoms with Gasteiger partial charge in [-0.1, -0.05) is 12.8 Å². The Morgan fingerprint density at radius 2 is 1.68 bits per heavy atom. The fourth-order valence-corrected chi connectivity index (χ4v) is 1.57. The van der Waals surface area contributed by atoms with Gasteiger partial charge in [0.2, 0.25) is 11.1 Å². The van der Waals surface area contributed by atoms with E-state index in [2.05, 4.69) is 0 Å². The van der Waals surface area contributed by atoms with Gasteiger partial charge in [0.05, 0.1) is 12.0 Å². The van der Waals surface area contributed by atoms with E-state index in [0.29, 0.717) is 19.3 Å². The number of esters is 1. The van der Waals surface area contributed by atoms with Crippen LogP contribution in [0.4, 0.5) is 8.78 Å². The minimum Gasteiger partial charge on any atom is -0.465 e. The summed E-state index contributed by atoms with van der Waals surface area (Å²) in [7, 11) is 0. The summed E-state index contributed by atoms with van der Waals surface area (Å²) >= 11 is -3.10. The van der Waals surface area contributed by atoms with Crippen molar-refractivity contribution in [2.24, 2.45) is 5.41 Å². The van der Waals surface area contributed by atoms with E-state index in [1.165, 1.54) is 0 Å². The first kappa shape index (κ1) is 18.4. The van der Waals surface area contributed by atoms with Gasteiger partial charge in [-0.05, 0) is 33.6 Å². The summed E-state index contributed by atoms with van der Waals surface area (Å²) in [6.45, 7) is 5.55. The Hall–Kier alpha value is -0.560. The normalized spacial score (nSPS) is 14.2. The van der Waals surface area contributed by atoms with E-state index < -0.39 is 28.2 Å². The van der Waals surface area contributed by atoms with E-state index in [1.54, 1.807) is 20.8 Å². The SMILES string of the molecule is CC(C)(C)C(=O)OCCCCCCC(F)(F)S(=O)O. The molecule has 0 aromatic carbocycles. The van der Waals surface area contributed by atoms with Crippen LogP contribution in [0, 0.1) is 5.41 Å². The zero-order valence-corrected chi connectivity index (χ0v) is 12.4. The number of hydrogen-bond acceptors (Lipinski definition) is 3. The van der Waals surface area contributed by atoms with Gasteiger partial charge in [-0.15, -0.1) is 0 Å². The lowest BCUT2D eigenvalue weighted by Crippen LogP contribution is -2.23. The Balaban J connectivity index is 3.58. The molecule has 0 aliphatic heterocycles. The van der Waals surface area contributed by atoms with E-state index in [9.17, 15) is 17.8 Å². The number of alkyl halides is 2. The quantitative estimate of drug-likeness (QED) is 0.424. The van der Waals surface area contributed by atoms with Crippen LogP contribution in [0.25, 0.3) is 0 Å². The first-order valence-corrected chi connectivity index (χ1v) is 7.34. The van der Waals surface area contributed by atoms with Crippen LogP contribution in [0.5, 0.6) is 0 Å². The predicted octanol–water partition coefficient (Wildman–Crippen LogP) is 3.34. The van der Waals surface area contributed by atoms with Crippen LogP contribution in [0.15, 0.2) is 0 Å². The minimum absolute atomic E-state index is 0.173. The van der Waals surface area contributed by atoms with Crippen LogP contribution in [0.2, 0.25) is 0 Å². The van der Waals surface area contributed by atoms with Gasteiger partial charge >= 0.3 is 11.2 Å². The molecule has 0 saturated carbocycles. The van der Waals surface area contributed by atoms with Crippen LogP contribution >= 0.6 is 0 Å². The summed E-state index contributed by atoms with van der Waals surface area (Å²) in [5.41, 5.74) is -0.534. The maximum absolute atomic E-state index is 12.7. The third-order valence-corrected chi connectivity index (χ3v) is 3.18. The Morgan fingerprint density at radius 3 is 2.16 bits per heavy atom. The average Bonchev–Trinajstić information content (AvgIpc) is 2.25. The number of ether oxygens (including phenoxy) is 1. The Labute approximate surface area is 115 Å². The summed E-state index contributed by atoms with van der Waals surface area (Å²) < 4.78 is 49.1. The number of carbonyl (C=O) groups is 1. The molecule has 114 valence electrons. The fraction of sp³-hybridized carbons (Fsp3) is 0.917. The number of halogens is 2. The highest BCUT2D eigenvalue weighted by atomic mass is 32.2. The van der Waals surface area contributed by atoms with E-state index in [4.69, 9.17) is 9.29 Å². The molecule has 0 amide bonds. The smallest absolute Gasteiger partial charge is 0.345 e. The van der Waals surface area contributed by atoms with Gasteiger partial charge in [-0.3, -0.25) is 4.79 Å². The molecular formula is C12H22F2O4S. The summed E-state index contributed by atoms with van der Waals surface area (Å²) in [5, 5.41) is -3.53. The molecule has 0 radical (unpaired) electrons. The second kappa shape index (κ2) is 7.89. The van der Waals surface area contributed by atoms with Gasteiger partial charge in [0, 0.05) is 6.42 Å². The molecule has 0 bridgehead atoms.